The highest BCUT2D eigenvalue weighted by molar-refractivity contribution is 5.02. The fraction of sp³-hybridized carbons (Fsp3) is 0.733. The minimum Gasteiger partial charge on any atom is -0.396 e. The summed E-state index contributed by atoms with van der Waals surface area (Å²) in [6, 6.07) is 2.09. The van der Waals surface area contributed by atoms with Gasteiger partial charge in [0.25, 0.3) is 5.56 Å². The van der Waals surface area contributed by atoms with Crippen LogP contribution in [0.1, 0.15) is 44.1 Å². The second-order valence-corrected chi connectivity index (χ2v) is 5.81. The van der Waals surface area contributed by atoms with Gasteiger partial charge in [-0.1, -0.05) is 6.92 Å². The zero-order chi connectivity index (χ0) is 14.5. The van der Waals surface area contributed by atoms with E-state index in [9.17, 15) is 9.90 Å². The van der Waals surface area contributed by atoms with Crippen LogP contribution in [0.4, 0.5) is 0 Å². The molecule has 1 saturated carbocycles. The second-order valence-electron chi connectivity index (χ2n) is 5.81. The predicted octanol–water partition coefficient (Wildman–Crippen LogP) is 1.32. The number of nitrogens with one attached hydrogen (secondary N) is 1. The minimum absolute atomic E-state index is 0.0655. The standard InChI is InChI=1S/C15H25N3O2/c1-3-12-8-15(20)17-14(16-12)9-18(2)13-6-4-11(10-19)5-7-13/h8,11,13,19H,3-7,9-10H2,1-2H3,(H,16,17,20). The van der Waals surface area contributed by atoms with Crippen LogP contribution in [0.5, 0.6) is 0 Å². The molecule has 0 saturated heterocycles. The number of nitrogens with zero attached hydrogens (tertiary/aromatic N) is 2. The lowest BCUT2D eigenvalue weighted by Gasteiger charge is -2.33. The van der Waals surface area contributed by atoms with Crippen molar-refractivity contribution in [2.75, 3.05) is 13.7 Å². The van der Waals surface area contributed by atoms with Crippen LogP contribution in [-0.2, 0) is 13.0 Å². The van der Waals surface area contributed by atoms with Crippen LogP contribution in [0.15, 0.2) is 10.9 Å². The molecule has 0 atom stereocenters. The van der Waals surface area contributed by atoms with Gasteiger partial charge in [0.1, 0.15) is 5.82 Å². The Morgan fingerprint density at radius 1 is 1.40 bits per heavy atom. The molecule has 1 heterocycles. The molecule has 20 heavy (non-hydrogen) atoms. The summed E-state index contributed by atoms with van der Waals surface area (Å²) >= 11 is 0. The number of hydrogen-bond acceptors (Lipinski definition) is 4. The van der Waals surface area contributed by atoms with E-state index in [1.807, 2.05) is 6.92 Å². The van der Waals surface area contributed by atoms with Crippen LogP contribution in [0.25, 0.3) is 0 Å². The summed E-state index contributed by atoms with van der Waals surface area (Å²) < 4.78 is 0. The second kappa shape index (κ2) is 6.99. The molecule has 1 aliphatic carbocycles. The van der Waals surface area contributed by atoms with Crippen molar-refractivity contribution in [3.8, 4) is 0 Å². The first-order valence-electron chi connectivity index (χ1n) is 7.52. The summed E-state index contributed by atoms with van der Waals surface area (Å²) in [7, 11) is 2.09. The molecule has 1 aromatic rings. The summed E-state index contributed by atoms with van der Waals surface area (Å²) in [5, 5.41) is 9.18. The molecule has 112 valence electrons. The van der Waals surface area contributed by atoms with Gasteiger partial charge in [0.2, 0.25) is 0 Å². The molecule has 0 bridgehead atoms. The van der Waals surface area contributed by atoms with E-state index in [-0.39, 0.29) is 5.56 Å². The molecule has 0 amide bonds. The van der Waals surface area contributed by atoms with Crippen molar-refractivity contribution in [3.05, 3.63) is 27.9 Å². The molecule has 2 N–H and O–H groups in total. The van der Waals surface area contributed by atoms with Crippen LogP contribution in [0.2, 0.25) is 0 Å². The van der Waals surface area contributed by atoms with Gasteiger partial charge in [-0.25, -0.2) is 4.98 Å². The third-order valence-corrected chi connectivity index (χ3v) is 4.30. The maximum atomic E-state index is 11.6. The van der Waals surface area contributed by atoms with Gasteiger partial charge in [-0.3, -0.25) is 9.69 Å². The Kier molecular flexibility index (Phi) is 5.31. The van der Waals surface area contributed by atoms with Gasteiger partial charge in [-0.05, 0) is 45.1 Å². The van der Waals surface area contributed by atoms with E-state index >= 15 is 0 Å². The minimum atomic E-state index is -0.0655. The molecule has 1 fully saturated rings. The Hall–Kier alpha value is -1.20. The Labute approximate surface area is 120 Å². The summed E-state index contributed by atoms with van der Waals surface area (Å²) in [6.07, 6.45) is 5.18. The normalized spacial score (nSPS) is 23.2. The Morgan fingerprint density at radius 3 is 2.70 bits per heavy atom. The van der Waals surface area contributed by atoms with Crippen LogP contribution in [-0.4, -0.2) is 39.7 Å². The Balaban J connectivity index is 1.96. The number of rotatable bonds is 5. The van der Waals surface area contributed by atoms with Gasteiger partial charge in [0.05, 0.1) is 6.54 Å². The molecule has 0 radical (unpaired) electrons. The lowest BCUT2D eigenvalue weighted by Crippen LogP contribution is -2.36. The molecule has 0 unspecified atom stereocenters. The van der Waals surface area contributed by atoms with Crippen LogP contribution < -0.4 is 5.56 Å². The lowest BCUT2D eigenvalue weighted by molar-refractivity contribution is 0.122. The topological polar surface area (TPSA) is 69.2 Å². The fourth-order valence-electron chi connectivity index (χ4n) is 2.95. The predicted molar refractivity (Wildman–Crippen MR) is 78.5 cm³/mol. The highest BCUT2D eigenvalue weighted by Gasteiger charge is 2.23. The summed E-state index contributed by atoms with van der Waals surface area (Å²) in [5.41, 5.74) is 0.783. The summed E-state index contributed by atoms with van der Waals surface area (Å²) in [5.74, 6) is 1.22. The average Bonchev–Trinajstić information content (AvgIpc) is 2.46. The van der Waals surface area contributed by atoms with Crippen molar-refractivity contribution >= 4 is 0 Å². The Bertz CT molecular complexity index is 478. The van der Waals surface area contributed by atoms with Gasteiger partial charge < -0.3 is 10.1 Å². The largest absolute Gasteiger partial charge is 0.396 e. The van der Waals surface area contributed by atoms with Crippen LogP contribution in [0, 0.1) is 5.92 Å². The monoisotopic (exact) mass is 279 g/mol. The molecule has 0 aromatic carbocycles. The maximum absolute atomic E-state index is 11.6. The molecule has 1 aromatic heterocycles. The highest BCUT2D eigenvalue weighted by atomic mass is 16.3. The summed E-state index contributed by atoms with van der Waals surface area (Å²) in [6.45, 7) is 2.99. The molecule has 5 nitrogen and oxygen atoms in total. The summed E-state index contributed by atoms with van der Waals surface area (Å²) in [4.78, 5) is 21.1. The number of aromatic amines is 1. The van der Waals surface area contributed by atoms with Crippen LogP contribution >= 0.6 is 0 Å². The van der Waals surface area contributed by atoms with Gasteiger partial charge >= 0.3 is 0 Å². The number of H-pyrrole nitrogens is 1. The van der Waals surface area contributed by atoms with E-state index in [0.717, 1.165) is 43.6 Å². The molecular weight excluding hydrogens is 254 g/mol. The van der Waals surface area contributed by atoms with Crippen molar-refractivity contribution in [2.24, 2.45) is 5.92 Å². The first kappa shape index (κ1) is 15.2. The molecule has 5 heteroatoms. The number of aliphatic hydroxyl groups is 1. The maximum Gasteiger partial charge on any atom is 0.251 e. The first-order chi connectivity index (χ1) is 9.62. The van der Waals surface area contributed by atoms with Gasteiger partial charge in [0, 0.05) is 24.4 Å². The van der Waals surface area contributed by atoms with Gasteiger partial charge in [-0.15, -0.1) is 0 Å². The highest BCUT2D eigenvalue weighted by Crippen LogP contribution is 2.27. The van der Waals surface area contributed by atoms with E-state index in [2.05, 4.69) is 21.9 Å². The van der Waals surface area contributed by atoms with Crippen molar-refractivity contribution in [3.63, 3.8) is 0 Å². The molecule has 2 rings (SSSR count). The van der Waals surface area contributed by atoms with E-state index in [1.54, 1.807) is 6.07 Å². The van der Waals surface area contributed by atoms with Crippen molar-refractivity contribution in [1.82, 2.24) is 14.9 Å². The number of aryl methyl sites for hydroxylation is 1. The SMILES string of the molecule is CCc1cc(=O)[nH]c(CN(C)C2CCC(CO)CC2)n1. The number of hydrogen-bond donors (Lipinski definition) is 2. The third-order valence-electron chi connectivity index (χ3n) is 4.30. The average molecular weight is 279 g/mol. The third kappa shape index (κ3) is 3.90. The molecule has 0 aliphatic heterocycles. The first-order valence-corrected chi connectivity index (χ1v) is 7.52. The smallest absolute Gasteiger partial charge is 0.251 e. The molecule has 0 spiro atoms. The van der Waals surface area contributed by atoms with E-state index in [1.165, 1.54) is 0 Å². The van der Waals surface area contributed by atoms with Crippen molar-refractivity contribution < 1.29 is 5.11 Å². The number of aromatic nitrogens is 2. The van der Waals surface area contributed by atoms with E-state index < -0.39 is 0 Å². The van der Waals surface area contributed by atoms with Crippen molar-refractivity contribution in [2.45, 2.75) is 51.6 Å². The molecule has 1 aliphatic rings. The van der Waals surface area contributed by atoms with E-state index in [4.69, 9.17) is 0 Å². The van der Waals surface area contributed by atoms with E-state index in [0.29, 0.717) is 25.1 Å². The quantitative estimate of drug-likeness (QED) is 0.853. The Morgan fingerprint density at radius 2 is 2.10 bits per heavy atom. The zero-order valence-corrected chi connectivity index (χ0v) is 12.4. The molecular formula is C15H25N3O2. The van der Waals surface area contributed by atoms with Crippen molar-refractivity contribution in [1.29, 1.82) is 0 Å². The lowest BCUT2D eigenvalue weighted by atomic mass is 9.86. The number of aliphatic hydroxyl groups excluding tert-OH is 1. The zero-order valence-electron chi connectivity index (χ0n) is 12.4. The van der Waals surface area contributed by atoms with Crippen LogP contribution in [0.3, 0.4) is 0 Å². The fourth-order valence-corrected chi connectivity index (χ4v) is 2.95. The van der Waals surface area contributed by atoms with Gasteiger partial charge in [-0.2, -0.15) is 0 Å². The van der Waals surface area contributed by atoms with Gasteiger partial charge in [0.15, 0.2) is 0 Å².